The van der Waals surface area contributed by atoms with E-state index in [0.717, 1.165) is 12.8 Å². The van der Waals surface area contributed by atoms with Gasteiger partial charge in [0.1, 0.15) is 0 Å². The molecule has 0 aromatic carbocycles. The summed E-state index contributed by atoms with van der Waals surface area (Å²) in [6.07, 6.45) is 1.72. The Balaban J connectivity index is 2.25. The monoisotopic (exact) mass is 159 g/mol. The maximum Gasteiger partial charge on any atom is 0.407 e. The lowest BCUT2D eigenvalue weighted by atomic mass is 10.2. The predicted octanol–water partition coefficient (Wildman–Crippen LogP) is 0.113. The van der Waals surface area contributed by atoms with Crippen LogP contribution in [0.15, 0.2) is 0 Å². The number of ether oxygens (including phenoxy) is 1. The molecule has 1 amide bonds. The maximum absolute atomic E-state index is 10.7. The minimum atomic E-state index is -0.462. The van der Waals surface area contributed by atoms with Gasteiger partial charge in [-0.25, -0.2) is 4.79 Å². The van der Waals surface area contributed by atoms with Crippen molar-refractivity contribution < 1.29 is 14.6 Å². The third-order valence-corrected chi connectivity index (χ3v) is 1.88. The van der Waals surface area contributed by atoms with Crippen LogP contribution in [-0.4, -0.2) is 31.0 Å². The van der Waals surface area contributed by atoms with Gasteiger partial charge in [-0.2, -0.15) is 0 Å². The first-order chi connectivity index (χ1) is 5.27. The molecule has 0 radical (unpaired) electrons. The fourth-order valence-electron chi connectivity index (χ4n) is 1.02. The van der Waals surface area contributed by atoms with Crippen molar-refractivity contribution in [3.05, 3.63) is 0 Å². The molecule has 1 rings (SSSR count). The van der Waals surface area contributed by atoms with Crippen molar-refractivity contribution >= 4 is 6.09 Å². The second-order valence-corrected chi connectivity index (χ2v) is 2.76. The summed E-state index contributed by atoms with van der Waals surface area (Å²) in [5.74, 6) is 0.457. The summed E-state index contributed by atoms with van der Waals surface area (Å²) in [6.45, 7) is -0.000231. The highest BCUT2D eigenvalue weighted by molar-refractivity contribution is 5.67. The van der Waals surface area contributed by atoms with Crippen LogP contribution in [0, 0.1) is 5.92 Å². The van der Waals surface area contributed by atoms with Gasteiger partial charge in [0.25, 0.3) is 0 Å². The molecule has 1 aliphatic carbocycles. The van der Waals surface area contributed by atoms with Crippen LogP contribution in [0.25, 0.3) is 0 Å². The van der Waals surface area contributed by atoms with Crippen LogP contribution in [0.3, 0.4) is 0 Å². The average molecular weight is 159 g/mol. The highest BCUT2D eigenvalue weighted by atomic mass is 16.5. The Morgan fingerprint density at radius 2 is 2.45 bits per heavy atom. The highest BCUT2D eigenvalue weighted by Gasteiger charge is 2.31. The number of hydrogen-bond acceptors (Lipinski definition) is 3. The molecular formula is C7H13NO3. The van der Waals surface area contributed by atoms with E-state index in [2.05, 4.69) is 10.1 Å². The molecule has 64 valence electrons. The summed E-state index contributed by atoms with van der Waals surface area (Å²) in [5, 5.41) is 11.4. The fraction of sp³-hybridized carbons (Fsp3) is 0.857. The second kappa shape index (κ2) is 3.57. The van der Waals surface area contributed by atoms with Gasteiger partial charge < -0.3 is 15.2 Å². The van der Waals surface area contributed by atoms with Gasteiger partial charge in [0.05, 0.1) is 19.8 Å². The van der Waals surface area contributed by atoms with Gasteiger partial charge in [-0.3, -0.25) is 0 Å². The molecule has 0 aromatic heterocycles. The summed E-state index contributed by atoms with van der Waals surface area (Å²) >= 11 is 0. The molecule has 1 aliphatic rings. The van der Waals surface area contributed by atoms with Gasteiger partial charge in [-0.15, -0.1) is 0 Å². The average Bonchev–Trinajstić information content (AvgIpc) is 2.82. The van der Waals surface area contributed by atoms with E-state index in [1.54, 1.807) is 0 Å². The van der Waals surface area contributed by atoms with Gasteiger partial charge in [0.2, 0.25) is 0 Å². The molecule has 4 heteroatoms. The standard InChI is InChI=1S/C7H13NO3/c1-11-7(10)8-6(4-9)5-2-3-5/h5-6,9H,2-4H2,1H3,(H,8,10). The number of amides is 1. The largest absolute Gasteiger partial charge is 0.453 e. The molecule has 11 heavy (non-hydrogen) atoms. The first-order valence-corrected chi connectivity index (χ1v) is 3.73. The van der Waals surface area contributed by atoms with Crippen LogP contribution >= 0.6 is 0 Å². The Bertz CT molecular complexity index is 145. The van der Waals surface area contributed by atoms with Crippen LogP contribution in [0.5, 0.6) is 0 Å². The van der Waals surface area contributed by atoms with E-state index < -0.39 is 6.09 Å². The van der Waals surface area contributed by atoms with E-state index >= 15 is 0 Å². The zero-order valence-corrected chi connectivity index (χ0v) is 6.54. The molecular weight excluding hydrogens is 146 g/mol. The summed E-state index contributed by atoms with van der Waals surface area (Å²) < 4.78 is 4.40. The van der Waals surface area contributed by atoms with E-state index in [1.807, 2.05) is 0 Å². The van der Waals surface area contributed by atoms with E-state index in [0.29, 0.717) is 5.92 Å². The number of nitrogens with one attached hydrogen (secondary N) is 1. The van der Waals surface area contributed by atoms with Crippen molar-refractivity contribution in [3.63, 3.8) is 0 Å². The molecule has 1 atom stereocenters. The topological polar surface area (TPSA) is 58.6 Å². The van der Waals surface area contributed by atoms with Crippen LogP contribution in [-0.2, 0) is 4.74 Å². The molecule has 0 bridgehead atoms. The normalized spacial score (nSPS) is 19.1. The zero-order valence-electron chi connectivity index (χ0n) is 6.54. The van der Waals surface area contributed by atoms with Crippen molar-refractivity contribution in [2.45, 2.75) is 18.9 Å². The van der Waals surface area contributed by atoms with Crippen LogP contribution in [0.2, 0.25) is 0 Å². The van der Waals surface area contributed by atoms with Crippen molar-refractivity contribution in [1.29, 1.82) is 0 Å². The molecule has 1 saturated carbocycles. The third kappa shape index (κ3) is 2.38. The SMILES string of the molecule is COC(=O)NC(CO)C1CC1. The second-order valence-electron chi connectivity index (χ2n) is 2.76. The number of carbonyl (C=O) groups excluding carboxylic acids is 1. The lowest BCUT2D eigenvalue weighted by Gasteiger charge is -2.13. The first kappa shape index (κ1) is 8.33. The maximum atomic E-state index is 10.7. The van der Waals surface area contributed by atoms with Gasteiger partial charge in [0.15, 0.2) is 0 Å². The molecule has 4 nitrogen and oxygen atoms in total. The van der Waals surface area contributed by atoms with E-state index in [9.17, 15) is 4.79 Å². The minimum absolute atomic E-state index is 0.000231. The van der Waals surface area contributed by atoms with E-state index in [1.165, 1.54) is 7.11 Å². The molecule has 1 unspecified atom stereocenters. The number of alkyl carbamates (subject to hydrolysis) is 1. The van der Waals surface area contributed by atoms with Gasteiger partial charge >= 0.3 is 6.09 Å². The van der Waals surface area contributed by atoms with E-state index in [-0.39, 0.29) is 12.6 Å². The quantitative estimate of drug-likeness (QED) is 0.614. The van der Waals surface area contributed by atoms with Crippen molar-refractivity contribution in [2.24, 2.45) is 5.92 Å². The number of methoxy groups -OCH3 is 1. The smallest absolute Gasteiger partial charge is 0.407 e. The van der Waals surface area contributed by atoms with Crippen LogP contribution in [0.4, 0.5) is 4.79 Å². The van der Waals surface area contributed by atoms with Crippen molar-refractivity contribution in [3.8, 4) is 0 Å². The summed E-state index contributed by atoms with van der Waals surface area (Å²) in [7, 11) is 1.32. The molecule has 0 spiro atoms. The fourth-order valence-corrected chi connectivity index (χ4v) is 1.02. The van der Waals surface area contributed by atoms with Gasteiger partial charge in [-0.1, -0.05) is 0 Å². The Kier molecular flexibility index (Phi) is 2.70. The van der Waals surface area contributed by atoms with Gasteiger partial charge in [0, 0.05) is 0 Å². The third-order valence-electron chi connectivity index (χ3n) is 1.88. The van der Waals surface area contributed by atoms with Crippen molar-refractivity contribution in [1.82, 2.24) is 5.32 Å². The lowest BCUT2D eigenvalue weighted by molar-refractivity contribution is 0.153. The van der Waals surface area contributed by atoms with Crippen LogP contribution < -0.4 is 5.32 Å². The molecule has 0 saturated heterocycles. The lowest BCUT2D eigenvalue weighted by Crippen LogP contribution is -2.38. The molecule has 0 aromatic rings. The molecule has 2 N–H and O–H groups in total. The van der Waals surface area contributed by atoms with Gasteiger partial charge in [-0.05, 0) is 18.8 Å². The summed E-state index contributed by atoms with van der Waals surface area (Å²) in [4.78, 5) is 10.7. The first-order valence-electron chi connectivity index (χ1n) is 3.73. The van der Waals surface area contributed by atoms with Crippen molar-refractivity contribution in [2.75, 3.05) is 13.7 Å². The summed E-state index contributed by atoms with van der Waals surface area (Å²) in [5.41, 5.74) is 0. The molecule has 1 fully saturated rings. The Morgan fingerprint density at radius 3 is 2.82 bits per heavy atom. The van der Waals surface area contributed by atoms with E-state index in [4.69, 9.17) is 5.11 Å². The number of aliphatic hydroxyl groups is 1. The molecule has 0 aliphatic heterocycles. The summed E-state index contributed by atoms with van der Waals surface area (Å²) in [6, 6.07) is -0.109. The number of rotatable bonds is 3. The highest BCUT2D eigenvalue weighted by Crippen LogP contribution is 2.32. The number of aliphatic hydroxyl groups excluding tert-OH is 1. The Hall–Kier alpha value is -0.770. The Morgan fingerprint density at radius 1 is 1.82 bits per heavy atom. The zero-order chi connectivity index (χ0) is 8.27. The number of carbonyl (C=O) groups is 1. The number of hydrogen-bond donors (Lipinski definition) is 2. The molecule has 0 heterocycles. The Labute approximate surface area is 65.5 Å². The van der Waals surface area contributed by atoms with Crippen LogP contribution in [0.1, 0.15) is 12.8 Å². The predicted molar refractivity (Wildman–Crippen MR) is 39.1 cm³/mol. The minimum Gasteiger partial charge on any atom is -0.453 e.